The second kappa shape index (κ2) is 7.53. The van der Waals surface area contributed by atoms with Crippen LogP contribution in [-0.2, 0) is 16.1 Å². The molecule has 3 rings (SSSR count). The van der Waals surface area contributed by atoms with Gasteiger partial charge in [-0.3, -0.25) is 4.79 Å². The Morgan fingerprint density at radius 3 is 2.65 bits per heavy atom. The van der Waals surface area contributed by atoms with E-state index in [1.807, 2.05) is 30.3 Å². The number of aliphatic carboxylic acids is 1. The van der Waals surface area contributed by atoms with Crippen molar-refractivity contribution in [3.05, 3.63) is 64.9 Å². The Morgan fingerprint density at radius 1 is 1.19 bits per heavy atom. The largest absolute Gasteiger partial charge is 0.478 e. The van der Waals surface area contributed by atoms with E-state index in [0.29, 0.717) is 5.71 Å². The first-order chi connectivity index (χ1) is 12.5. The molecule has 1 aromatic heterocycles. The van der Waals surface area contributed by atoms with E-state index >= 15 is 0 Å². The van der Waals surface area contributed by atoms with E-state index in [2.05, 4.69) is 15.5 Å². The zero-order chi connectivity index (χ0) is 18.6. The molecule has 1 unspecified atom stereocenters. The molecule has 1 aliphatic rings. The Balaban J connectivity index is 1.62. The van der Waals surface area contributed by atoms with Crippen LogP contribution in [0.2, 0.25) is 5.15 Å². The Hall–Kier alpha value is -2.93. The van der Waals surface area contributed by atoms with Gasteiger partial charge in [-0.15, -0.1) is 0 Å². The number of oxime groups is 1. The number of benzene rings is 1. The summed E-state index contributed by atoms with van der Waals surface area (Å²) in [6, 6.07) is 13.9. The molecule has 1 atom stereocenters. The summed E-state index contributed by atoms with van der Waals surface area (Å²) in [5.74, 6) is -1.52. The molecular formula is C18H16ClN3O4. The van der Waals surface area contributed by atoms with Gasteiger partial charge in [-0.2, -0.15) is 0 Å². The van der Waals surface area contributed by atoms with Crippen LogP contribution in [0.25, 0.3) is 0 Å². The fourth-order valence-electron chi connectivity index (χ4n) is 2.66. The van der Waals surface area contributed by atoms with Crippen molar-refractivity contribution in [2.45, 2.75) is 18.4 Å². The number of carboxylic acid groups (broad SMARTS) is 1. The van der Waals surface area contributed by atoms with Crippen molar-refractivity contribution < 1.29 is 19.5 Å². The number of aromatic nitrogens is 1. The van der Waals surface area contributed by atoms with Gasteiger partial charge in [-0.25, -0.2) is 9.78 Å². The van der Waals surface area contributed by atoms with Crippen molar-refractivity contribution in [2.75, 3.05) is 6.54 Å². The lowest BCUT2D eigenvalue weighted by Gasteiger charge is -2.21. The van der Waals surface area contributed by atoms with Crippen LogP contribution in [0.15, 0.2) is 53.7 Å². The van der Waals surface area contributed by atoms with Crippen LogP contribution >= 0.6 is 11.6 Å². The van der Waals surface area contributed by atoms with Crippen molar-refractivity contribution in [1.29, 1.82) is 0 Å². The first-order valence-corrected chi connectivity index (χ1v) is 8.28. The van der Waals surface area contributed by atoms with Gasteiger partial charge in [-0.1, -0.05) is 53.2 Å². The molecule has 0 saturated heterocycles. The smallest absolute Gasteiger partial charge is 0.351 e. The molecular weight excluding hydrogens is 358 g/mol. The maximum atomic E-state index is 12.1. The van der Waals surface area contributed by atoms with Crippen LogP contribution in [-0.4, -0.2) is 39.8 Å². The van der Waals surface area contributed by atoms with E-state index in [4.69, 9.17) is 16.4 Å². The van der Waals surface area contributed by atoms with Crippen molar-refractivity contribution in [2.24, 2.45) is 5.16 Å². The molecule has 0 spiro atoms. The van der Waals surface area contributed by atoms with Gasteiger partial charge in [0.15, 0.2) is 0 Å². The monoisotopic (exact) mass is 373 g/mol. The third-order valence-electron chi connectivity index (χ3n) is 3.96. The maximum absolute atomic E-state index is 12.1. The standard InChI is InChI=1S/C18H16ClN3O4/c19-15-8-4-7-14(21-15)16(23)20-11-13-10-18(17(24)25,26-22-13)9-12-5-2-1-3-6-12/h1-8H,9-11H2,(H,20,23)(H,24,25). The predicted octanol–water partition coefficient (Wildman–Crippen LogP) is 2.31. The summed E-state index contributed by atoms with van der Waals surface area (Å²) in [4.78, 5) is 33.1. The molecule has 0 radical (unpaired) electrons. The number of rotatable bonds is 6. The third-order valence-corrected chi connectivity index (χ3v) is 4.17. The van der Waals surface area contributed by atoms with Gasteiger partial charge >= 0.3 is 5.97 Å². The number of nitrogens with zero attached hydrogens (tertiary/aromatic N) is 2. The molecule has 7 nitrogen and oxygen atoms in total. The fourth-order valence-corrected chi connectivity index (χ4v) is 2.82. The van der Waals surface area contributed by atoms with E-state index in [0.717, 1.165) is 5.56 Å². The number of amides is 1. The average molecular weight is 374 g/mol. The topological polar surface area (TPSA) is 101 Å². The highest BCUT2D eigenvalue weighted by Crippen LogP contribution is 2.28. The SMILES string of the molecule is O=C(NCC1=NOC(Cc2ccccc2)(C(=O)O)C1)c1cccc(Cl)n1. The quantitative estimate of drug-likeness (QED) is 0.757. The number of carboxylic acids is 1. The first kappa shape index (κ1) is 17.9. The number of hydrogen-bond donors (Lipinski definition) is 2. The Kier molecular flexibility index (Phi) is 5.18. The van der Waals surface area contributed by atoms with Gasteiger partial charge in [0.2, 0.25) is 5.60 Å². The molecule has 1 aliphatic heterocycles. The van der Waals surface area contributed by atoms with E-state index in [-0.39, 0.29) is 30.2 Å². The number of hydrogen-bond acceptors (Lipinski definition) is 5. The summed E-state index contributed by atoms with van der Waals surface area (Å²) in [5, 5.41) is 16.3. The van der Waals surface area contributed by atoms with Crippen LogP contribution in [0, 0.1) is 0 Å². The normalized spacial score (nSPS) is 18.7. The molecule has 0 saturated carbocycles. The number of carbonyl (C=O) groups excluding carboxylic acids is 1. The molecule has 0 fully saturated rings. The zero-order valence-corrected chi connectivity index (χ0v) is 14.4. The van der Waals surface area contributed by atoms with E-state index in [1.54, 1.807) is 12.1 Å². The zero-order valence-electron chi connectivity index (χ0n) is 13.7. The highest BCUT2D eigenvalue weighted by atomic mass is 35.5. The van der Waals surface area contributed by atoms with Crippen molar-refractivity contribution in [3.63, 3.8) is 0 Å². The molecule has 2 N–H and O–H groups in total. The maximum Gasteiger partial charge on any atom is 0.351 e. The average Bonchev–Trinajstić information content (AvgIpc) is 3.05. The lowest BCUT2D eigenvalue weighted by Crippen LogP contribution is -2.42. The van der Waals surface area contributed by atoms with E-state index < -0.39 is 17.5 Å². The molecule has 8 heteroatoms. The van der Waals surface area contributed by atoms with Gasteiger partial charge in [0, 0.05) is 12.8 Å². The minimum absolute atomic E-state index is 0.0663. The van der Waals surface area contributed by atoms with E-state index in [1.165, 1.54) is 6.07 Å². The second-order valence-electron chi connectivity index (χ2n) is 5.92. The van der Waals surface area contributed by atoms with Gasteiger partial charge in [0.1, 0.15) is 10.8 Å². The summed E-state index contributed by atoms with van der Waals surface area (Å²) >= 11 is 5.77. The Labute approximate surface area is 154 Å². The first-order valence-electron chi connectivity index (χ1n) is 7.90. The molecule has 2 aromatic rings. The lowest BCUT2D eigenvalue weighted by atomic mass is 9.90. The minimum Gasteiger partial charge on any atom is -0.478 e. The summed E-state index contributed by atoms with van der Waals surface area (Å²) in [5.41, 5.74) is -0.0153. The molecule has 1 amide bonds. The molecule has 1 aromatic carbocycles. The van der Waals surface area contributed by atoms with Crippen LogP contribution in [0.4, 0.5) is 0 Å². The number of halogens is 1. The molecule has 2 heterocycles. The molecule has 26 heavy (non-hydrogen) atoms. The highest BCUT2D eigenvalue weighted by Gasteiger charge is 2.46. The molecule has 0 aliphatic carbocycles. The predicted molar refractivity (Wildman–Crippen MR) is 95.2 cm³/mol. The summed E-state index contributed by atoms with van der Waals surface area (Å²) in [6.45, 7) is 0.0663. The second-order valence-corrected chi connectivity index (χ2v) is 6.30. The summed E-state index contributed by atoms with van der Waals surface area (Å²) in [7, 11) is 0. The summed E-state index contributed by atoms with van der Waals surface area (Å²) < 4.78 is 0. The van der Waals surface area contributed by atoms with Gasteiger partial charge in [0.05, 0.1) is 12.3 Å². The highest BCUT2D eigenvalue weighted by molar-refractivity contribution is 6.29. The molecule has 134 valence electrons. The number of carbonyl (C=O) groups is 2. The van der Waals surface area contributed by atoms with Gasteiger partial charge < -0.3 is 15.3 Å². The number of nitrogens with one attached hydrogen (secondary N) is 1. The molecule has 0 bridgehead atoms. The summed E-state index contributed by atoms with van der Waals surface area (Å²) in [6.07, 6.45) is 0.264. The van der Waals surface area contributed by atoms with Crippen molar-refractivity contribution in [1.82, 2.24) is 10.3 Å². The number of pyridine rings is 1. The Morgan fingerprint density at radius 2 is 1.96 bits per heavy atom. The fraction of sp³-hybridized carbons (Fsp3) is 0.222. The van der Waals surface area contributed by atoms with Crippen LogP contribution in [0.3, 0.4) is 0 Å². The lowest BCUT2D eigenvalue weighted by molar-refractivity contribution is -0.162. The Bertz CT molecular complexity index is 857. The van der Waals surface area contributed by atoms with E-state index in [9.17, 15) is 14.7 Å². The van der Waals surface area contributed by atoms with Crippen molar-refractivity contribution >= 4 is 29.2 Å². The van der Waals surface area contributed by atoms with Crippen LogP contribution in [0.1, 0.15) is 22.5 Å². The van der Waals surface area contributed by atoms with Gasteiger partial charge in [-0.05, 0) is 17.7 Å². The van der Waals surface area contributed by atoms with Crippen LogP contribution in [0.5, 0.6) is 0 Å². The minimum atomic E-state index is -1.46. The third kappa shape index (κ3) is 4.00. The van der Waals surface area contributed by atoms with Gasteiger partial charge in [0.25, 0.3) is 5.91 Å². The van der Waals surface area contributed by atoms with Crippen LogP contribution < -0.4 is 5.32 Å². The van der Waals surface area contributed by atoms with Crippen molar-refractivity contribution in [3.8, 4) is 0 Å².